The number of methoxy groups -OCH3 is 1. The van der Waals surface area contributed by atoms with Gasteiger partial charge in [0.1, 0.15) is 11.4 Å². The summed E-state index contributed by atoms with van der Waals surface area (Å²) < 4.78 is 11.0. The Kier molecular flexibility index (Phi) is 5.69. The maximum atomic E-state index is 12.6. The number of hydrogen-bond donors (Lipinski definition) is 0. The van der Waals surface area contributed by atoms with Gasteiger partial charge in [0.2, 0.25) is 0 Å². The summed E-state index contributed by atoms with van der Waals surface area (Å²) in [5, 5.41) is 0.892. The first kappa shape index (κ1) is 18.2. The number of rotatable bonds is 2. The van der Waals surface area contributed by atoms with Gasteiger partial charge in [-0.05, 0) is 52.2 Å². The van der Waals surface area contributed by atoms with E-state index in [0.29, 0.717) is 22.3 Å². The average molecular weight is 360 g/mol. The molecule has 1 saturated heterocycles. The molecule has 0 bridgehead atoms. The van der Waals surface area contributed by atoms with E-state index in [0.717, 1.165) is 24.8 Å². The summed E-state index contributed by atoms with van der Waals surface area (Å²) in [6, 6.07) is 3.29. The third-order valence-corrected chi connectivity index (χ3v) is 4.60. The van der Waals surface area contributed by atoms with E-state index in [4.69, 9.17) is 32.7 Å². The van der Waals surface area contributed by atoms with Gasteiger partial charge in [0.15, 0.2) is 0 Å². The average Bonchev–Trinajstić information content (AvgIpc) is 2.48. The lowest BCUT2D eigenvalue weighted by Crippen LogP contribution is -2.42. The third-order valence-electron chi connectivity index (χ3n) is 3.78. The molecule has 0 saturated carbocycles. The van der Waals surface area contributed by atoms with Gasteiger partial charge in [0.05, 0.1) is 23.2 Å². The van der Waals surface area contributed by atoms with Crippen LogP contribution in [0.3, 0.4) is 0 Å². The fourth-order valence-corrected chi connectivity index (χ4v) is 3.25. The molecule has 0 aliphatic carbocycles. The standard InChI is InChI=1S/C17H23Cl2NO3/c1-17(2,3)23-16(21)20-10-6-5-7-12(20)14-13(22-4)9-8-11(18)15(14)19/h8-9,12H,5-7,10H2,1-4H3. The Morgan fingerprint density at radius 2 is 1.96 bits per heavy atom. The van der Waals surface area contributed by atoms with Gasteiger partial charge in [-0.25, -0.2) is 4.79 Å². The molecule has 1 fully saturated rings. The summed E-state index contributed by atoms with van der Waals surface area (Å²) in [7, 11) is 1.59. The molecule has 23 heavy (non-hydrogen) atoms. The number of halogens is 2. The quantitative estimate of drug-likeness (QED) is 0.703. The SMILES string of the molecule is COc1ccc(Cl)c(Cl)c1C1CCCCN1C(=O)OC(C)(C)C. The van der Waals surface area contributed by atoms with Crippen LogP contribution in [0.4, 0.5) is 4.79 Å². The Hall–Kier alpha value is -1.13. The van der Waals surface area contributed by atoms with Crippen molar-refractivity contribution in [1.82, 2.24) is 4.90 Å². The van der Waals surface area contributed by atoms with Crippen molar-refractivity contribution in [3.63, 3.8) is 0 Å². The number of benzene rings is 1. The highest BCUT2D eigenvalue weighted by Gasteiger charge is 2.34. The zero-order valence-corrected chi connectivity index (χ0v) is 15.5. The minimum absolute atomic E-state index is 0.195. The van der Waals surface area contributed by atoms with E-state index in [1.165, 1.54) is 0 Å². The first-order chi connectivity index (χ1) is 10.7. The van der Waals surface area contributed by atoms with E-state index in [-0.39, 0.29) is 12.1 Å². The van der Waals surface area contributed by atoms with Crippen LogP contribution in [0, 0.1) is 0 Å². The van der Waals surface area contributed by atoms with Crippen molar-refractivity contribution >= 4 is 29.3 Å². The molecule has 1 amide bonds. The van der Waals surface area contributed by atoms with Crippen molar-refractivity contribution in [2.24, 2.45) is 0 Å². The molecule has 128 valence electrons. The lowest BCUT2D eigenvalue weighted by Gasteiger charge is -2.37. The second-order valence-electron chi connectivity index (χ2n) is 6.66. The highest BCUT2D eigenvalue weighted by atomic mass is 35.5. The van der Waals surface area contributed by atoms with Crippen molar-refractivity contribution in [1.29, 1.82) is 0 Å². The lowest BCUT2D eigenvalue weighted by atomic mass is 9.94. The van der Waals surface area contributed by atoms with Gasteiger partial charge in [0.25, 0.3) is 0 Å². The molecule has 4 nitrogen and oxygen atoms in total. The minimum Gasteiger partial charge on any atom is -0.496 e. The van der Waals surface area contributed by atoms with E-state index < -0.39 is 5.60 Å². The zero-order chi connectivity index (χ0) is 17.2. The Bertz CT molecular complexity index is 584. The highest BCUT2D eigenvalue weighted by molar-refractivity contribution is 6.42. The summed E-state index contributed by atoms with van der Waals surface area (Å²) in [5.41, 5.74) is 0.216. The molecule has 1 aromatic carbocycles. The van der Waals surface area contributed by atoms with Crippen molar-refractivity contribution in [3.05, 3.63) is 27.7 Å². The van der Waals surface area contributed by atoms with Crippen LogP contribution in [0.2, 0.25) is 10.0 Å². The normalized spacial score (nSPS) is 18.7. The largest absolute Gasteiger partial charge is 0.496 e. The number of piperidine rings is 1. The molecule has 2 rings (SSSR count). The zero-order valence-electron chi connectivity index (χ0n) is 14.0. The monoisotopic (exact) mass is 359 g/mol. The predicted octanol–water partition coefficient (Wildman–Crippen LogP) is 5.46. The van der Waals surface area contributed by atoms with Crippen LogP contribution in [0.1, 0.15) is 51.6 Å². The van der Waals surface area contributed by atoms with E-state index >= 15 is 0 Å². The maximum Gasteiger partial charge on any atom is 0.410 e. The maximum absolute atomic E-state index is 12.6. The van der Waals surface area contributed by atoms with Crippen LogP contribution >= 0.6 is 23.2 Å². The molecular weight excluding hydrogens is 337 g/mol. The fraction of sp³-hybridized carbons (Fsp3) is 0.588. The van der Waals surface area contributed by atoms with Crippen LogP contribution in [0.5, 0.6) is 5.75 Å². The molecular formula is C17H23Cl2NO3. The number of hydrogen-bond acceptors (Lipinski definition) is 3. The third kappa shape index (κ3) is 4.24. The summed E-state index contributed by atoms with van der Waals surface area (Å²) in [4.78, 5) is 14.3. The van der Waals surface area contributed by atoms with Gasteiger partial charge < -0.3 is 14.4 Å². The Balaban J connectivity index is 2.39. The molecule has 0 aromatic heterocycles. The highest BCUT2D eigenvalue weighted by Crippen LogP contribution is 2.43. The number of carbonyl (C=O) groups excluding carboxylic acids is 1. The number of carbonyl (C=O) groups is 1. The second-order valence-corrected chi connectivity index (χ2v) is 7.45. The first-order valence-electron chi connectivity index (χ1n) is 7.76. The Morgan fingerprint density at radius 3 is 2.57 bits per heavy atom. The van der Waals surface area contributed by atoms with E-state index in [1.54, 1.807) is 24.1 Å². The summed E-state index contributed by atoms with van der Waals surface area (Å²) in [6.45, 7) is 6.20. The van der Waals surface area contributed by atoms with Crippen LogP contribution in [0.25, 0.3) is 0 Å². The van der Waals surface area contributed by atoms with Gasteiger partial charge in [-0.2, -0.15) is 0 Å². The Morgan fingerprint density at radius 1 is 1.26 bits per heavy atom. The van der Waals surface area contributed by atoms with E-state index in [2.05, 4.69) is 0 Å². The van der Waals surface area contributed by atoms with Gasteiger partial charge >= 0.3 is 6.09 Å². The van der Waals surface area contributed by atoms with Gasteiger partial charge in [-0.3, -0.25) is 0 Å². The van der Waals surface area contributed by atoms with E-state index in [1.807, 2.05) is 20.8 Å². The van der Waals surface area contributed by atoms with Crippen molar-refractivity contribution < 1.29 is 14.3 Å². The van der Waals surface area contributed by atoms with Crippen LogP contribution in [-0.4, -0.2) is 30.2 Å². The van der Waals surface area contributed by atoms with Gasteiger partial charge in [-0.15, -0.1) is 0 Å². The van der Waals surface area contributed by atoms with E-state index in [9.17, 15) is 4.79 Å². The Labute approximate surface area is 147 Å². The number of likely N-dealkylation sites (tertiary alicyclic amines) is 1. The summed E-state index contributed by atoms with van der Waals surface area (Å²) >= 11 is 12.6. The smallest absolute Gasteiger partial charge is 0.410 e. The molecule has 1 heterocycles. The lowest BCUT2D eigenvalue weighted by molar-refractivity contribution is 0.00930. The molecule has 0 spiro atoms. The predicted molar refractivity (Wildman–Crippen MR) is 92.5 cm³/mol. The van der Waals surface area contributed by atoms with Crippen LogP contribution < -0.4 is 4.74 Å². The van der Waals surface area contributed by atoms with Crippen molar-refractivity contribution in [3.8, 4) is 5.75 Å². The molecule has 0 radical (unpaired) electrons. The number of nitrogens with zero attached hydrogens (tertiary/aromatic N) is 1. The summed E-state index contributed by atoms with van der Waals surface area (Å²) in [5.74, 6) is 0.639. The molecule has 1 aliphatic rings. The topological polar surface area (TPSA) is 38.8 Å². The van der Waals surface area contributed by atoms with Crippen LogP contribution in [-0.2, 0) is 4.74 Å². The van der Waals surface area contributed by atoms with Crippen LogP contribution in [0.15, 0.2) is 12.1 Å². The van der Waals surface area contributed by atoms with Gasteiger partial charge in [-0.1, -0.05) is 23.2 Å². The first-order valence-corrected chi connectivity index (χ1v) is 8.51. The number of amides is 1. The summed E-state index contributed by atoms with van der Waals surface area (Å²) in [6.07, 6.45) is 2.42. The molecule has 1 unspecified atom stereocenters. The number of ether oxygens (including phenoxy) is 2. The molecule has 6 heteroatoms. The van der Waals surface area contributed by atoms with Crippen molar-refractivity contribution in [2.75, 3.05) is 13.7 Å². The molecule has 1 atom stereocenters. The molecule has 0 N–H and O–H groups in total. The fourth-order valence-electron chi connectivity index (χ4n) is 2.81. The molecule has 1 aromatic rings. The van der Waals surface area contributed by atoms with Crippen molar-refractivity contribution in [2.45, 2.75) is 51.7 Å². The van der Waals surface area contributed by atoms with Gasteiger partial charge in [0, 0.05) is 12.1 Å². The second kappa shape index (κ2) is 7.18. The minimum atomic E-state index is -0.540. The molecule has 1 aliphatic heterocycles.